The fourth-order valence-corrected chi connectivity index (χ4v) is 3.40. The van der Waals surface area contributed by atoms with Crippen molar-refractivity contribution in [1.82, 2.24) is 20.1 Å². The van der Waals surface area contributed by atoms with Gasteiger partial charge in [0.25, 0.3) is 5.91 Å². The molecule has 8 nitrogen and oxygen atoms in total. The number of aromatic nitrogens is 3. The van der Waals surface area contributed by atoms with E-state index in [-0.39, 0.29) is 22.9 Å². The van der Waals surface area contributed by atoms with E-state index in [4.69, 9.17) is 21.1 Å². The lowest BCUT2D eigenvalue weighted by atomic mass is 10.1. The molecule has 0 radical (unpaired) electrons. The molecule has 0 saturated heterocycles. The first-order valence-electron chi connectivity index (χ1n) is 10.5. The van der Waals surface area contributed by atoms with Gasteiger partial charge in [0.1, 0.15) is 13.2 Å². The number of fused-ring (bicyclic) bond motifs is 1. The summed E-state index contributed by atoms with van der Waals surface area (Å²) < 4.78 is 26.4. The third-order valence-electron chi connectivity index (χ3n) is 4.94. The number of carbonyl (C=O) groups excluding carboxylic acids is 1. The van der Waals surface area contributed by atoms with Gasteiger partial charge in [-0.15, -0.1) is 5.10 Å². The minimum Gasteiger partial charge on any atom is -0.486 e. The van der Waals surface area contributed by atoms with E-state index in [1.165, 1.54) is 18.3 Å². The van der Waals surface area contributed by atoms with Crippen LogP contribution in [0.25, 0.3) is 11.0 Å². The molecule has 4 aromatic rings. The van der Waals surface area contributed by atoms with Gasteiger partial charge < -0.3 is 19.7 Å². The number of ether oxygens (including phenoxy) is 2. The number of amides is 1. The summed E-state index contributed by atoms with van der Waals surface area (Å²) in [5, 5.41) is 10.1. The van der Waals surface area contributed by atoms with Crippen LogP contribution in [0.15, 0.2) is 54.7 Å². The first-order chi connectivity index (χ1) is 16.4. The molecule has 0 aliphatic carbocycles. The Balaban J connectivity index is 1.51. The number of halogens is 2. The molecule has 0 bridgehead atoms. The Bertz CT molecular complexity index is 1300. The quantitative estimate of drug-likeness (QED) is 0.363. The second-order valence-corrected chi connectivity index (χ2v) is 8.17. The molecule has 0 aliphatic heterocycles. The fourth-order valence-electron chi connectivity index (χ4n) is 3.17. The van der Waals surface area contributed by atoms with Crippen molar-refractivity contribution < 1.29 is 18.7 Å². The highest BCUT2D eigenvalue weighted by Crippen LogP contribution is 2.30. The average Bonchev–Trinajstić information content (AvgIpc) is 3.21. The molecule has 34 heavy (non-hydrogen) atoms. The third kappa shape index (κ3) is 5.44. The monoisotopic (exact) mass is 483 g/mol. The predicted molar refractivity (Wildman–Crippen MR) is 128 cm³/mol. The largest absolute Gasteiger partial charge is 0.486 e. The lowest BCUT2D eigenvalue weighted by Crippen LogP contribution is -2.19. The molecule has 0 unspecified atom stereocenters. The zero-order chi connectivity index (χ0) is 24.1. The van der Waals surface area contributed by atoms with Gasteiger partial charge in [-0.3, -0.25) is 9.89 Å². The highest BCUT2D eigenvalue weighted by atomic mass is 35.5. The normalized spacial score (nSPS) is 11.1. The molecular weight excluding hydrogens is 461 g/mol. The summed E-state index contributed by atoms with van der Waals surface area (Å²) in [4.78, 5) is 19.1. The topological polar surface area (TPSA) is 92.4 Å². The van der Waals surface area contributed by atoms with Crippen LogP contribution in [0.4, 0.5) is 10.1 Å². The number of nitrogens with one attached hydrogen (secondary N) is 2. The number of H-pyrrole nitrogens is 1. The van der Waals surface area contributed by atoms with Crippen LogP contribution < -0.4 is 14.8 Å². The van der Waals surface area contributed by atoms with Crippen molar-refractivity contribution in [3.63, 3.8) is 0 Å². The number of pyridine rings is 1. The van der Waals surface area contributed by atoms with Crippen molar-refractivity contribution in [2.24, 2.45) is 0 Å². The maximum atomic E-state index is 15.1. The molecule has 1 amide bonds. The van der Waals surface area contributed by atoms with E-state index in [0.717, 1.165) is 5.56 Å². The fraction of sp³-hybridized carbons (Fsp3) is 0.208. The molecule has 4 rings (SSSR count). The second kappa shape index (κ2) is 10.5. The Labute approximate surface area is 200 Å². The summed E-state index contributed by atoms with van der Waals surface area (Å²) in [5.41, 5.74) is 1.38. The van der Waals surface area contributed by atoms with Crippen LogP contribution >= 0.6 is 11.6 Å². The number of carbonyl (C=O) groups is 1. The van der Waals surface area contributed by atoms with Crippen molar-refractivity contribution in [3.05, 3.63) is 76.7 Å². The molecular formula is C24H23ClFN5O3. The third-order valence-corrected chi connectivity index (χ3v) is 5.25. The number of hydrogen-bond acceptors (Lipinski definition) is 6. The van der Waals surface area contributed by atoms with E-state index in [1.54, 1.807) is 6.07 Å². The van der Waals surface area contributed by atoms with Gasteiger partial charge in [0.05, 0.1) is 27.9 Å². The Hall–Kier alpha value is -3.69. The number of nitrogens with zero attached hydrogens (tertiary/aromatic N) is 3. The molecule has 0 spiro atoms. The van der Waals surface area contributed by atoms with Crippen LogP contribution in [-0.2, 0) is 6.61 Å². The van der Waals surface area contributed by atoms with Crippen molar-refractivity contribution in [1.29, 1.82) is 0 Å². The Morgan fingerprint density at radius 2 is 1.97 bits per heavy atom. The van der Waals surface area contributed by atoms with Gasteiger partial charge in [-0.05, 0) is 37.9 Å². The molecule has 2 aromatic heterocycles. The van der Waals surface area contributed by atoms with Crippen LogP contribution in [0.1, 0.15) is 15.9 Å². The number of rotatable bonds is 9. The van der Waals surface area contributed by atoms with Crippen molar-refractivity contribution in [2.75, 3.05) is 32.6 Å². The first-order valence-corrected chi connectivity index (χ1v) is 10.9. The van der Waals surface area contributed by atoms with E-state index < -0.39 is 11.7 Å². The highest BCUT2D eigenvalue weighted by molar-refractivity contribution is 6.34. The molecule has 0 saturated carbocycles. The zero-order valence-electron chi connectivity index (χ0n) is 18.6. The predicted octanol–water partition coefficient (Wildman–Crippen LogP) is 4.52. The molecule has 0 aliphatic rings. The summed E-state index contributed by atoms with van der Waals surface area (Å²) in [6.07, 6.45) is 1.43. The Morgan fingerprint density at radius 3 is 2.74 bits per heavy atom. The van der Waals surface area contributed by atoms with Crippen LogP contribution in [0.5, 0.6) is 11.6 Å². The van der Waals surface area contributed by atoms with Gasteiger partial charge in [-0.1, -0.05) is 41.9 Å². The summed E-state index contributed by atoms with van der Waals surface area (Å²) in [7, 11) is 3.88. The minimum atomic E-state index is -0.842. The summed E-state index contributed by atoms with van der Waals surface area (Å²) in [5.74, 6) is -1.28. The molecule has 0 atom stereocenters. The van der Waals surface area contributed by atoms with Crippen LogP contribution in [0.2, 0.25) is 5.02 Å². The van der Waals surface area contributed by atoms with Gasteiger partial charge in [0.2, 0.25) is 5.88 Å². The molecule has 2 heterocycles. The standard InChI is InChI=1S/C24H23ClFN5O3/c1-31(2)10-11-33-24-17-12-16(13-27-22(17)29-30-24)28-23(32)20-18(25)8-9-19(21(20)26)34-14-15-6-4-3-5-7-15/h3-9,12-13H,10-11,14H2,1-2H3,(H,28,32)(H,27,29,30). The van der Waals surface area contributed by atoms with Crippen LogP contribution in [-0.4, -0.2) is 53.2 Å². The number of aromatic amines is 1. The second-order valence-electron chi connectivity index (χ2n) is 7.76. The lowest BCUT2D eigenvalue weighted by molar-refractivity contribution is 0.102. The Kier molecular flexibility index (Phi) is 7.24. The van der Waals surface area contributed by atoms with Crippen LogP contribution in [0.3, 0.4) is 0 Å². The van der Waals surface area contributed by atoms with Crippen LogP contribution in [0, 0.1) is 5.82 Å². The summed E-state index contributed by atoms with van der Waals surface area (Å²) >= 11 is 6.15. The van der Waals surface area contributed by atoms with E-state index in [1.807, 2.05) is 49.3 Å². The van der Waals surface area contributed by atoms with Crippen molar-refractivity contribution in [3.8, 4) is 11.6 Å². The molecule has 2 N–H and O–H groups in total. The molecule has 0 fully saturated rings. The van der Waals surface area contributed by atoms with E-state index in [0.29, 0.717) is 35.8 Å². The number of likely N-dealkylation sites (N-methyl/N-ethyl adjacent to an activating group) is 1. The first kappa shape index (κ1) is 23.5. The summed E-state index contributed by atoms with van der Waals surface area (Å²) in [6.45, 7) is 1.29. The maximum absolute atomic E-state index is 15.1. The SMILES string of the molecule is CN(C)CCOc1n[nH]c2ncc(NC(=O)c3c(Cl)ccc(OCc4ccccc4)c3F)cc12. The maximum Gasteiger partial charge on any atom is 0.260 e. The van der Waals surface area contributed by atoms with Gasteiger partial charge in [0.15, 0.2) is 17.2 Å². The zero-order valence-corrected chi connectivity index (χ0v) is 19.4. The van der Waals surface area contributed by atoms with Gasteiger partial charge >= 0.3 is 0 Å². The molecule has 10 heteroatoms. The highest BCUT2D eigenvalue weighted by Gasteiger charge is 2.21. The number of hydrogen-bond donors (Lipinski definition) is 2. The lowest BCUT2D eigenvalue weighted by Gasteiger charge is -2.12. The van der Waals surface area contributed by atoms with Crippen molar-refractivity contribution >= 4 is 34.2 Å². The Morgan fingerprint density at radius 1 is 1.18 bits per heavy atom. The van der Waals surface area contributed by atoms with Gasteiger partial charge in [0, 0.05) is 6.54 Å². The molecule has 2 aromatic carbocycles. The summed E-state index contributed by atoms with van der Waals surface area (Å²) in [6, 6.07) is 13.8. The van der Waals surface area contributed by atoms with E-state index in [9.17, 15) is 4.79 Å². The van der Waals surface area contributed by atoms with Gasteiger partial charge in [-0.2, -0.15) is 0 Å². The minimum absolute atomic E-state index is 0.0351. The van der Waals surface area contributed by atoms with Gasteiger partial charge in [-0.25, -0.2) is 9.37 Å². The number of benzene rings is 2. The van der Waals surface area contributed by atoms with E-state index in [2.05, 4.69) is 20.5 Å². The average molecular weight is 484 g/mol. The number of anilines is 1. The molecule has 176 valence electrons. The smallest absolute Gasteiger partial charge is 0.260 e. The van der Waals surface area contributed by atoms with E-state index >= 15 is 4.39 Å². The van der Waals surface area contributed by atoms with Crippen molar-refractivity contribution in [2.45, 2.75) is 6.61 Å².